The lowest BCUT2D eigenvalue weighted by molar-refractivity contribution is -0.124. The zero-order valence-electron chi connectivity index (χ0n) is 13.6. The molecule has 1 unspecified atom stereocenters. The molecule has 25 heavy (non-hydrogen) atoms. The maximum absolute atomic E-state index is 14.0. The summed E-state index contributed by atoms with van der Waals surface area (Å²) < 4.78 is 32.5. The van der Waals surface area contributed by atoms with Crippen LogP contribution in [0.25, 0.3) is 11.1 Å². The zero-order chi connectivity index (χ0) is 18.3. The first kappa shape index (κ1) is 17.5. The molecule has 0 bridgehead atoms. The van der Waals surface area contributed by atoms with Gasteiger partial charge in [0, 0.05) is 34.6 Å². The van der Waals surface area contributed by atoms with Crippen LogP contribution in [0.3, 0.4) is 0 Å². The molecule has 1 fully saturated rings. The predicted octanol–water partition coefficient (Wildman–Crippen LogP) is 4.56. The zero-order valence-corrected chi connectivity index (χ0v) is 14.4. The van der Waals surface area contributed by atoms with Gasteiger partial charge in [0.05, 0.1) is 7.11 Å². The summed E-state index contributed by atoms with van der Waals surface area (Å²) in [4.78, 5) is 24.6. The predicted molar refractivity (Wildman–Crippen MR) is 89.9 cm³/mol. The average Bonchev–Trinajstić information content (AvgIpc) is 2.79. The SMILES string of the molecule is COc1cc(-c2ccc(F)cc2F)cc(Cl)c1C1C(=O)C[C@@H](C)C1=O. The van der Waals surface area contributed by atoms with Gasteiger partial charge in [0.2, 0.25) is 0 Å². The second kappa shape index (κ2) is 6.56. The van der Waals surface area contributed by atoms with Gasteiger partial charge < -0.3 is 4.74 Å². The first-order valence-corrected chi connectivity index (χ1v) is 8.10. The molecule has 6 heteroatoms. The molecule has 0 amide bonds. The minimum atomic E-state index is -0.968. The molecule has 3 rings (SSSR count). The molecular weight excluding hydrogens is 350 g/mol. The van der Waals surface area contributed by atoms with Crippen LogP contribution in [-0.4, -0.2) is 18.7 Å². The summed E-state index contributed by atoms with van der Waals surface area (Å²) in [5.74, 6) is -2.95. The lowest BCUT2D eigenvalue weighted by Crippen LogP contribution is -2.15. The third-order valence-corrected chi connectivity index (χ3v) is 4.75. The molecule has 2 aromatic carbocycles. The number of ketones is 2. The molecule has 0 saturated heterocycles. The van der Waals surface area contributed by atoms with Crippen LogP contribution in [0.5, 0.6) is 5.75 Å². The van der Waals surface area contributed by atoms with Crippen LogP contribution in [0.2, 0.25) is 5.02 Å². The maximum Gasteiger partial charge on any atom is 0.151 e. The van der Waals surface area contributed by atoms with Gasteiger partial charge in [-0.15, -0.1) is 0 Å². The number of hydrogen-bond acceptors (Lipinski definition) is 3. The molecule has 0 spiro atoms. The van der Waals surface area contributed by atoms with Gasteiger partial charge in [-0.3, -0.25) is 9.59 Å². The lowest BCUT2D eigenvalue weighted by Gasteiger charge is -2.17. The number of carbonyl (C=O) groups excluding carboxylic acids is 2. The summed E-state index contributed by atoms with van der Waals surface area (Å²) in [5, 5.41) is 0.138. The minimum absolute atomic E-state index is 0.138. The summed E-state index contributed by atoms with van der Waals surface area (Å²) in [5.41, 5.74) is 0.814. The lowest BCUT2D eigenvalue weighted by atomic mass is 9.91. The number of carbonyl (C=O) groups is 2. The topological polar surface area (TPSA) is 43.4 Å². The van der Waals surface area contributed by atoms with Crippen molar-refractivity contribution in [1.82, 2.24) is 0 Å². The monoisotopic (exact) mass is 364 g/mol. The van der Waals surface area contributed by atoms with Crippen LogP contribution in [0.4, 0.5) is 8.78 Å². The van der Waals surface area contributed by atoms with E-state index in [1.54, 1.807) is 6.92 Å². The molecule has 0 aliphatic heterocycles. The summed E-state index contributed by atoms with van der Waals surface area (Å²) in [6.45, 7) is 1.70. The van der Waals surface area contributed by atoms with Crippen LogP contribution < -0.4 is 4.74 Å². The van der Waals surface area contributed by atoms with E-state index in [1.807, 2.05) is 0 Å². The third-order valence-electron chi connectivity index (χ3n) is 4.44. The van der Waals surface area contributed by atoms with Gasteiger partial charge >= 0.3 is 0 Å². The first-order valence-electron chi connectivity index (χ1n) is 7.72. The molecule has 0 radical (unpaired) electrons. The van der Waals surface area contributed by atoms with Crippen molar-refractivity contribution in [2.24, 2.45) is 5.92 Å². The van der Waals surface area contributed by atoms with E-state index in [1.165, 1.54) is 25.3 Å². The van der Waals surface area contributed by atoms with E-state index < -0.39 is 17.6 Å². The van der Waals surface area contributed by atoms with Crippen molar-refractivity contribution in [1.29, 1.82) is 0 Å². The van der Waals surface area contributed by atoms with Crippen LogP contribution in [0.1, 0.15) is 24.8 Å². The number of Topliss-reactive ketones (excluding diaryl/α,β-unsaturated/α-hetero) is 2. The van der Waals surface area contributed by atoms with Crippen LogP contribution >= 0.6 is 11.6 Å². The Bertz CT molecular complexity index is 879. The highest BCUT2D eigenvalue weighted by Crippen LogP contribution is 2.43. The molecule has 0 aromatic heterocycles. The van der Waals surface area contributed by atoms with Crippen LogP contribution in [0, 0.1) is 17.6 Å². The number of hydrogen-bond donors (Lipinski definition) is 0. The number of halogens is 3. The van der Waals surface area contributed by atoms with E-state index in [-0.39, 0.29) is 40.2 Å². The highest BCUT2D eigenvalue weighted by molar-refractivity contribution is 6.33. The molecule has 2 aromatic rings. The van der Waals surface area contributed by atoms with Gasteiger partial charge in [-0.1, -0.05) is 18.5 Å². The van der Waals surface area contributed by atoms with Gasteiger partial charge in [0.15, 0.2) is 5.78 Å². The van der Waals surface area contributed by atoms with Crippen molar-refractivity contribution >= 4 is 23.2 Å². The Kier molecular flexibility index (Phi) is 4.60. The molecule has 0 heterocycles. The van der Waals surface area contributed by atoms with E-state index in [9.17, 15) is 18.4 Å². The largest absolute Gasteiger partial charge is 0.496 e. The third kappa shape index (κ3) is 3.04. The Hall–Kier alpha value is -2.27. The number of rotatable bonds is 3. The summed E-state index contributed by atoms with van der Waals surface area (Å²) in [6.07, 6.45) is 0.164. The highest BCUT2D eigenvalue weighted by atomic mass is 35.5. The second-order valence-electron chi connectivity index (χ2n) is 6.11. The Morgan fingerprint density at radius 3 is 2.44 bits per heavy atom. The summed E-state index contributed by atoms with van der Waals surface area (Å²) >= 11 is 6.32. The number of benzene rings is 2. The molecule has 3 nitrogen and oxygen atoms in total. The van der Waals surface area contributed by atoms with Crippen molar-refractivity contribution in [3.63, 3.8) is 0 Å². The van der Waals surface area contributed by atoms with Crippen molar-refractivity contribution < 1.29 is 23.1 Å². The fourth-order valence-electron chi connectivity index (χ4n) is 3.19. The molecule has 1 aliphatic rings. The van der Waals surface area contributed by atoms with E-state index in [2.05, 4.69) is 0 Å². The molecule has 1 saturated carbocycles. The Morgan fingerprint density at radius 2 is 1.88 bits per heavy atom. The normalized spacial score (nSPS) is 20.2. The van der Waals surface area contributed by atoms with Gasteiger partial charge in [0.1, 0.15) is 29.1 Å². The molecule has 0 N–H and O–H groups in total. The van der Waals surface area contributed by atoms with Crippen LogP contribution in [0.15, 0.2) is 30.3 Å². The molecule has 130 valence electrons. The highest BCUT2D eigenvalue weighted by Gasteiger charge is 2.42. The van der Waals surface area contributed by atoms with Crippen molar-refractivity contribution in [3.8, 4) is 16.9 Å². The number of ether oxygens (including phenoxy) is 1. The fourth-order valence-corrected chi connectivity index (χ4v) is 3.51. The Balaban J connectivity index is 2.14. The minimum Gasteiger partial charge on any atom is -0.496 e. The molecule has 1 aliphatic carbocycles. The van der Waals surface area contributed by atoms with E-state index in [4.69, 9.17) is 16.3 Å². The van der Waals surface area contributed by atoms with Crippen LogP contribution in [-0.2, 0) is 9.59 Å². The Labute approximate surface area is 148 Å². The van der Waals surface area contributed by atoms with Crippen molar-refractivity contribution in [3.05, 3.63) is 52.6 Å². The van der Waals surface area contributed by atoms with Gasteiger partial charge in [-0.2, -0.15) is 0 Å². The standard InChI is InChI=1S/C19H15ClF2O3/c1-9-5-15(23)18(19(9)24)17-13(20)6-10(7-16(17)25-2)12-4-3-11(21)8-14(12)22/h3-4,6-9,18H,5H2,1-2H3/t9-,18?/m1/s1. The van der Waals surface area contributed by atoms with Gasteiger partial charge in [-0.25, -0.2) is 8.78 Å². The second-order valence-corrected chi connectivity index (χ2v) is 6.51. The van der Waals surface area contributed by atoms with E-state index >= 15 is 0 Å². The Morgan fingerprint density at radius 1 is 1.16 bits per heavy atom. The smallest absolute Gasteiger partial charge is 0.151 e. The fraction of sp³-hybridized carbons (Fsp3) is 0.263. The summed E-state index contributed by atoms with van der Waals surface area (Å²) in [6, 6.07) is 6.16. The quantitative estimate of drug-likeness (QED) is 0.750. The van der Waals surface area contributed by atoms with Crippen molar-refractivity contribution in [2.75, 3.05) is 7.11 Å². The number of methoxy groups -OCH3 is 1. The van der Waals surface area contributed by atoms with E-state index in [0.29, 0.717) is 11.1 Å². The van der Waals surface area contributed by atoms with E-state index in [0.717, 1.165) is 12.1 Å². The molecule has 2 atom stereocenters. The van der Waals surface area contributed by atoms with Gasteiger partial charge in [0.25, 0.3) is 0 Å². The average molecular weight is 365 g/mol. The first-order chi connectivity index (χ1) is 11.8. The van der Waals surface area contributed by atoms with Gasteiger partial charge in [-0.05, 0) is 29.8 Å². The van der Waals surface area contributed by atoms with Crippen molar-refractivity contribution in [2.45, 2.75) is 19.3 Å². The molecular formula is C19H15ClF2O3. The summed E-state index contributed by atoms with van der Waals surface area (Å²) in [7, 11) is 1.38. The maximum atomic E-state index is 14.0.